The number of benzene rings is 2. The van der Waals surface area contributed by atoms with E-state index in [-0.39, 0.29) is 11.3 Å². The fourth-order valence-corrected chi connectivity index (χ4v) is 2.25. The first-order chi connectivity index (χ1) is 12.3. The van der Waals surface area contributed by atoms with E-state index in [1.807, 2.05) is 0 Å². The lowest BCUT2D eigenvalue weighted by Crippen LogP contribution is -2.30. The molecule has 0 aliphatic rings. The number of esters is 1. The van der Waals surface area contributed by atoms with Crippen molar-refractivity contribution in [2.24, 2.45) is 0 Å². The zero-order valence-corrected chi connectivity index (χ0v) is 15.0. The number of anilines is 1. The third-order valence-electron chi connectivity index (χ3n) is 3.68. The third kappa shape index (κ3) is 4.44. The molecule has 0 aromatic heterocycles. The van der Waals surface area contributed by atoms with Crippen molar-refractivity contribution in [2.45, 2.75) is 20.0 Å². The molecule has 2 N–H and O–H groups in total. The number of methoxy groups -OCH3 is 2. The Kier molecular flexibility index (Phi) is 6.06. The number of nitrogens with one attached hydrogen (secondary N) is 1. The summed E-state index contributed by atoms with van der Waals surface area (Å²) in [5.74, 6) is -0.503. The zero-order chi connectivity index (χ0) is 19.3. The lowest BCUT2D eigenvalue weighted by molar-refractivity contribution is -0.123. The van der Waals surface area contributed by atoms with Gasteiger partial charge < -0.3 is 24.6 Å². The lowest BCUT2D eigenvalue weighted by atomic mass is 10.1. The molecule has 1 amide bonds. The van der Waals surface area contributed by atoms with Crippen molar-refractivity contribution >= 4 is 17.6 Å². The zero-order valence-electron chi connectivity index (χ0n) is 15.0. The van der Waals surface area contributed by atoms with Gasteiger partial charge >= 0.3 is 5.97 Å². The summed E-state index contributed by atoms with van der Waals surface area (Å²) in [5, 5.41) is 12.5. The topological polar surface area (TPSA) is 94.1 Å². The van der Waals surface area contributed by atoms with Crippen LogP contribution in [0.5, 0.6) is 17.2 Å². The van der Waals surface area contributed by atoms with Crippen molar-refractivity contribution in [1.29, 1.82) is 0 Å². The van der Waals surface area contributed by atoms with Gasteiger partial charge in [0, 0.05) is 11.8 Å². The van der Waals surface area contributed by atoms with Gasteiger partial charge in [0.05, 0.1) is 14.2 Å². The molecule has 2 rings (SSSR count). The van der Waals surface area contributed by atoms with Gasteiger partial charge in [-0.3, -0.25) is 4.79 Å². The monoisotopic (exact) mass is 359 g/mol. The molecule has 0 fully saturated rings. The van der Waals surface area contributed by atoms with Crippen molar-refractivity contribution in [1.82, 2.24) is 0 Å². The summed E-state index contributed by atoms with van der Waals surface area (Å²) in [5.41, 5.74) is 1.27. The predicted molar refractivity (Wildman–Crippen MR) is 95.9 cm³/mol. The molecular weight excluding hydrogens is 338 g/mol. The number of phenolic OH excluding ortho intramolecular Hbond substituents is 1. The van der Waals surface area contributed by atoms with Gasteiger partial charge in [-0.25, -0.2) is 4.79 Å². The second-order valence-corrected chi connectivity index (χ2v) is 5.63. The average Bonchev–Trinajstić information content (AvgIpc) is 2.61. The van der Waals surface area contributed by atoms with Crippen LogP contribution in [0.15, 0.2) is 36.4 Å². The molecule has 0 saturated carbocycles. The molecule has 138 valence electrons. The van der Waals surface area contributed by atoms with E-state index in [0.29, 0.717) is 17.2 Å². The van der Waals surface area contributed by atoms with Crippen molar-refractivity contribution in [3.63, 3.8) is 0 Å². The number of aromatic hydroxyl groups is 1. The number of hydrogen-bond acceptors (Lipinski definition) is 6. The lowest BCUT2D eigenvalue weighted by Gasteiger charge is -2.15. The molecule has 2 aromatic rings. The van der Waals surface area contributed by atoms with Crippen LogP contribution < -0.4 is 14.8 Å². The first-order valence-corrected chi connectivity index (χ1v) is 7.89. The third-order valence-corrected chi connectivity index (χ3v) is 3.68. The van der Waals surface area contributed by atoms with E-state index in [0.717, 1.165) is 5.56 Å². The van der Waals surface area contributed by atoms with Crippen LogP contribution in [0.3, 0.4) is 0 Å². The van der Waals surface area contributed by atoms with Gasteiger partial charge in [0.2, 0.25) is 0 Å². The van der Waals surface area contributed by atoms with E-state index >= 15 is 0 Å². The quantitative estimate of drug-likeness (QED) is 0.770. The Labute approximate surface area is 151 Å². The fourth-order valence-electron chi connectivity index (χ4n) is 2.25. The number of amides is 1. The number of hydrogen-bond donors (Lipinski definition) is 2. The van der Waals surface area contributed by atoms with Crippen molar-refractivity contribution in [2.75, 3.05) is 19.5 Å². The molecule has 0 spiro atoms. The summed E-state index contributed by atoms with van der Waals surface area (Å²) in [6.07, 6.45) is -1.06. The highest BCUT2D eigenvalue weighted by molar-refractivity contribution is 5.98. The highest BCUT2D eigenvalue weighted by atomic mass is 16.5. The van der Waals surface area contributed by atoms with E-state index < -0.39 is 18.0 Å². The normalized spacial score (nSPS) is 11.4. The van der Waals surface area contributed by atoms with Crippen LogP contribution in [0, 0.1) is 6.92 Å². The smallest absolute Gasteiger partial charge is 0.342 e. The minimum absolute atomic E-state index is 0.00127. The van der Waals surface area contributed by atoms with Gasteiger partial charge in [-0.05, 0) is 43.7 Å². The Morgan fingerprint density at radius 3 is 2.35 bits per heavy atom. The number of ether oxygens (including phenoxy) is 3. The molecule has 0 unspecified atom stereocenters. The summed E-state index contributed by atoms with van der Waals surface area (Å²) in [4.78, 5) is 24.4. The van der Waals surface area contributed by atoms with Crippen LogP contribution in [-0.4, -0.2) is 37.3 Å². The second kappa shape index (κ2) is 8.24. The molecule has 0 aliphatic carbocycles. The fraction of sp³-hybridized carbons (Fsp3) is 0.263. The molecule has 1 atom stereocenters. The van der Waals surface area contributed by atoms with E-state index in [1.165, 1.54) is 33.3 Å². The SMILES string of the molecule is COc1ccc(NC(=O)[C@H](C)OC(=O)c2ccc(C)cc2O)cc1OC. The Morgan fingerprint density at radius 1 is 1.04 bits per heavy atom. The maximum atomic E-state index is 12.2. The average molecular weight is 359 g/mol. The van der Waals surface area contributed by atoms with Gasteiger partial charge in [-0.2, -0.15) is 0 Å². The molecule has 0 radical (unpaired) electrons. The molecule has 7 nitrogen and oxygen atoms in total. The molecule has 7 heteroatoms. The molecule has 0 heterocycles. The Morgan fingerprint density at radius 2 is 1.73 bits per heavy atom. The number of aryl methyl sites for hydroxylation is 1. The molecule has 2 aromatic carbocycles. The van der Waals surface area contributed by atoms with Crippen molar-refractivity contribution < 1.29 is 28.9 Å². The second-order valence-electron chi connectivity index (χ2n) is 5.63. The van der Waals surface area contributed by atoms with Crippen LogP contribution >= 0.6 is 0 Å². The van der Waals surface area contributed by atoms with Crippen molar-refractivity contribution in [3.8, 4) is 17.2 Å². The Bertz CT molecular complexity index is 818. The standard InChI is InChI=1S/C19H21NO6/c1-11-5-7-14(15(21)9-11)19(23)26-12(2)18(22)20-13-6-8-16(24-3)17(10-13)25-4/h5-10,12,21H,1-4H3,(H,20,22)/t12-/m0/s1. The van der Waals surface area contributed by atoms with E-state index in [9.17, 15) is 14.7 Å². The van der Waals surface area contributed by atoms with Gasteiger partial charge in [-0.1, -0.05) is 6.07 Å². The van der Waals surface area contributed by atoms with Gasteiger partial charge in [0.25, 0.3) is 5.91 Å². The number of phenols is 1. The minimum atomic E-state index is -1.06. The maximum absolute atomic E-state index is 12.2. The van der Waals surface area contributed by atoms with Crippen LogP contribution in [0.2, 0.25) is 0 Å². The van der Waals surface area contributed by atoms with Crippen LogP contribution in [0.1, 0.15) is 22.8 Å². The predicted octanol–water partition coefficient (Wildman–Crippen LogP) is 2.90. The molecule has 26 heavy (non-hydrogen) atoms. The highest BCUT2D eigenvalue weighted by Gasteiger charge is 2.21. The number of carbonyl (C=O) groups excluding carboxylic acids is 2. The van der Waals surface area contributed by atoms with Gasteiger partial charge in [0.1, 0.15) is 11.3 Å². The van der Waals surface area contributed by atoms with Crippen molar-refractivity contribution in [3.05, 3.63) is 47.5 Å². The molecule has 0 aliphatic heterocycles. The Balaban J connectivity index is 2.04. The summed E-state index contributed by atoms with van der Waals surface area (Å²) >= 11 is 0. The largest absolute Gasteiger partial charge is 0.507 e. The summed E-state index contributed by atoms with van der Waals surface area (Å²) in [6, 6.07) is 9.45. The van der Waals surface area contributed by atoms with E-state index in [2.05, 4.69) is 5.32 Å². The van der Waals surface area contributed by atoms with E-state index in [4.69, 9.17) is 14.2 Å². The maximum Gasteiger partial charge on any atom is 0.342 e. The van der Waals surface area contributed by atoms with Gasteiger partial charge in [0.15, 0.2) is 17.6 Å². The van der Waals surface area contributed by atoms with Gasteiger partial charge in [-0.15, -0.1) is 0 Å². The first kappa shape index (κ1) is 19.1. The number of carbonyl (C=O) groups is 2. The highest BCUT2D eigenvalue weighted by Crippen LogP contribution is 2.29. The summed E-state index contributed by atoms with van der Waals surface area (Å²) in [6.45, 7) is 3.23. The summed E-state index contributed by atoms with van der Waals surface area (Å²) < 4.78 is 15.4. The Hall–Kier alpha value is -3.22. The first-order valence-electron chi connectivity index (χ1n) is 7.89. The number of rotatable bonds is 6. The van der Waals surface area contributed by atoms with Crippen LogP contribution in [0.4, 0.5) is 5.69 Å². The van der Waals surface area contributed by atoms with Crippen LogP contribution in [0.25, 0.3) is 0 Å². The summed E-state index contributed by atoms with van der Waals surface area (Å²) in [7, 11) is 3.00. The molecule has 0 bridgehead atoms. The molecule has 0 saturated heterocycles. The minimum Gasteiger partial charge on any atom is -0.507 e. The van der Waals surface area contributed by atoms with Crippen LogP contribution in [-0.2, 0) is 9.53 Å². The molecular formula is C19H21NO6. The van der Waals surface area contributed by atoms with E-state index in [1.54, 1.807) is 31.2 Å².